The molecule has 1 amide bonds. The fourth-order valence-corrected chi connectivity index (χ4v) is 3.29. The summed E-state index contributed by atoms with van der Waals surface area (Å²) < 4.78 is 0. The molecule has 0 radical (unpaired) electrons. The van der Waals surface area contributed by atoms with Gasteiger partial charge in [0.1, 0.15) is 5.69 Å². The van der Waals surface area contributed by atoms with E-state index in [2.05, 4.69) is 22.1 Å². The largest absolute Gasteiger partial charge is 0.349 e. The zero-order valence-electron chi connectivity index (χ0n) is 12.2. The lowest BCUT2D eigenvalue weighted by Crippen LogP contribution is -2.40. The molecular formula is C13H24Cl2N4OS. The topological polar surface area (TPSA) is 71.2 Å². The summed E-state index contributed by atoms with van der Waals surface area (Å²) in [5, 5.41) is 5.74. The average Bonchev–Trinajstić information content (AvgIpc) is 3.04. The predicted octanol–water partition coefficient (Wildman–Crippen LogP) is 1.70. The predicted molar refractivity (Wildman–Crippen MR) is 92.0 cm³/mol. The summed E-state index contributed by atoms with van der Waals surface area (Å²) in [7, 11) is 0. The van der Waals surface area contributed by atoms with Crippen LogP contribution in [0.15, 0.2) is 5.38 Å². The number of thiazole rings is 1. The molecule has 2 rings (SSSR count). The summed E-state index contributed by atoms with van der Waals surface area (Å²) in [5.74, 6) is -0.0672. The first-order valence-corrected chi connectivity index (χ1v) is 7.79. The molecule has 5 nitrogen and oxygen atoms in total. The highest BCUT2D eigenvalue weighted by Crippen LogP contribution is 2.16. The number of likely N-dealkylation sites (tertiary alicyclic amines) is 1. The summed E-state index contributed by atoms with van der Waals surface area (Å²) in [6.07, 6.45) is 3.14. The van der Waals surface area contributed by atoms with E-state index >= 15 is 0 Å². The average molecular weight is 355 g/mol. The standard InChI is InChI=1S/C13H22N4OS.2ClH/c1-2-17-7-3-4-10(17)8-15-13(18)11-9-19-12(16-11)5-6-14;;/h9-10H,2-8,14H2,1H3,(H,15,18);2*1H. The van der Waals surface area contributed by atoms with Gasteiger partial charge in [0, 0.05) is 24.4 Å². The highest BCUT2D eigenvalue weighted by molar-refractivity contribution is 7.09. The van der Waals surface area contributed by atoms with E-state index < -0.39 is 0 Å². The highest BCUT2D eigenvalue weighted by atomic mass is 35.5. The van der Waals surface area contributed by atoms with E-state index in [0.717, 1.165) is 31.1 Å². The molecule has 122 valence electrons. The van der Waals surface area contributed by atoms with Crippen molar-refractivity contribution in [3.05, 3.63) is 16.1 Å². The van der Waals surface area contributed by atoms with Gasteiger partial charge in [-0.2, -0.15) is 0 Å². The molecule has 1 unspecified atom stereocenters. The van der Waals surface area contributed by atoms with E-state index in [9.17, 15) is 4.79 Å². The lowest BCUT2D eigenvalue weighted by Gasteiger charge is -2.22. The van der Waals surface area contributed by atoms with Crippen molar-refractivity contribution in [1.82, 2.24) is 15.2 Å². The maximum absolute atomic E-state index is 12.0. The number of hydrogen-bond acceptors (Lipinski definition) is 5. The molecular weight excluding hydrogens is 331 g/mol. The van der Waals surface area contributed by atoms with Crippen molar-refractivity contribution in [2.45, 2.75) is 32.2 Å². The van der Waals surface area contributed by atoms with Crippen LogP contribution in [0.3, 0.4) is 0 Å². The van der Waals surface area contributed by atoms with Crippen molar-refractivity contribution in [1.29, 1.82) is 0 Å². The van der Waals surface area contributed by atoms with Gasteiger partial charge in [0.15, 0.2) is 0 Å². The second-order valence-corrected chi connectivity index (χ2v) is 5.74. The molecule has 1 aromatic heterocycles. The Balaban J connectivity index is 0.00000200. The van der Waals surface area contributed by atoms with Crippen molar-refractivity contribution >= 4 is 42.1 Å². The molecule has 0 aliphatic carbocycles. The minimum Gasteiger partial charge on any atom is -0.349 e. The van der Waals surface area contributed by atoms with Crippen LogP contribution < -0.4 is 11.1 Å². The number of aromatic nitrogens is 1. The van der Waals surface area contributed by atoms with E-state index in [0.29, 0.717) is 18.3 Å². The van der Waals surface area contributed by atoms with Crippen LogP contribution in [0, 0.1) is 0 Å². The number of carbonyl (C=O) groups is 1. The number of halogens is 2. The molecule has 1 aliphatic rings. The van der Waals surface area contributed by atoms with Gasteiger partial charge in [0.2, 0.25) is 0 Å². The molecule has 0 aromatic carbocycles. The number of nitrogens with two attached hydrogens (primary N) is 1. The molecule has 1 saturated heterocycles. The molecule has 0 saturated carbocycles. The Labute approximate surface area is 142 Å². The summed E-state index contributed by atoms with van der Waals surface area (Å²) >= 11 is 1.50. The van der Waals surface area contributed by atoms with Crippen LogP contribution >= 0.6 is 36.2 Å². The molecule has 2 heterocycles. The molecule has 21 heavy (non-hydrogen) atoms. The molecule has 1 aliphatic heterocycles. The SMILES string of the molecule is CCN1CCCC1CNC(=O)c1csc(CCN)n1.Cl.Cl. The Kier molecular flexibility index (Phi) is 10.1. The third kappa shape index (κ3) is 5.71. The maximum atomic E-state index is 12.0. The van der Waals surface area contributed by atoms with Crippen LogP contribution in [0.5, 0.6) is 0 Å². The second-order valence-electron chi connectivity index (χ2n) is 4.80. The lowest BCUT2D eigenvalue weighted by atomic mass is 10.2. The number of nitrogens with zero attached hydrogens (tertiary/aromatic N) is 2. The van der Waals surface area contributed by atoms with Gasteiger partial charge in [-0.25, -0.2) is 4.98 Å². The first kappa shape index (κ1) is 20.6. The van der Waals surface area contributed by atoms with Crippen molar-refractivity contribution in [3.8, 4) is 0 Å². The monoisotopic (exact) mass is 354 g/mol. The van der Waals surface area contributed by atoms with E-state index in [1.165, 1.54) is 24.2 Å². The highest BCUT2D eigenvalue weighted by Gasteiger charge is 2.23. The van der Waals surface area contributed by atoms with Gasteiger partial charge in [0.25, 0.3) is 5.91 Å². The van der Waals surface area contributed by atoms with Crippen LogP contribution in [-0.2, 0) is 6.42 Å². The number of nitrogens with one attached hydrogen (secondary N) is 1. The normalized spacial score (nSPS) is 17.9. The summed E-state index contributed by atoms with van der Waals surface area (Å²) in [6, 6.07) is 0.482. The summed E-state index contributed by atoms with van der Waals surface area (Å²) in [6.45, 7) is 5.66. The van der Waals surface area contributed by atoms with Crippen LogP contribution in [-0.4, -0.2) is 48.0 Å². The first-order chi connectivity index (χ1) is 9.24. The van der Waals surface area contributed by atoms with Crippen LogP contribution in [0.2, 0.25) is 0 Å². The number of likely N-dealkylation sites (N-methyl/N-ethyl adjacent to an activating group) is 1. The molecule has 1 aromatic rings. The minimum atomic E-state index is -0.0672. The fourth-order valence-electron chi connectivity index (χ4n) is 2.50. The molecule has 8 heteroatoms. The van der Waals surface area contributed by atoms with Crippen molar-refractivity contribution in [3.63, 3.8) is 0 Å². The quantitative estimate of drug-likeness (QED) is 0.815. The van der Waals surface area contributed by atoms with Gasteiger partial charge in [-0.05, 0) is 32.5 Å². The molecule has 0 spiro atoms. The van der Waals surface area contributed by atoms with Gasteiger partial charge in [-0.1, -0.05) is 6.92 Å². The lowest BCUT2D eigenvalue weighted by molar-refractivity contribution is 0.0937. The molecule has 1 fully saturated rings. The first-order valence-electron chi connectivity index (χ1n) is 6.91. The minimum absolute atomic E-state index is 0. The van der Waals surface area contributed by atoms with Crippen molar-refractivity contribution < 1.29 is 4.79 Å². The summed E-state index contributed by atoms with van der Waals surface area (Å²) in [4.78, 5) is 18.7. The maximum Gasteiger partial charge on any atom is 0.270 e. The Hall–Kier alpha value is -0.400. The Morgan fingerprint density at radius 3 is 3.00 bits per heavy atom. The third-order valence-corrected chi connectivity index (χ3v) is 4.45. The van der Waals surface area contributed by atoms with Gasteiger partial charge in [-0.15, -0.1) is 36.2 Å². The number of hydrogen-bond donors (Lipinski definition) is 2. The van der Waals surface area contributed by atoms with E-state index in [1.807, 2.05) is 5.38 Å². The van der Waals surface area contributed by atoms with E-state index in [-0.39, 0.29) is 30.7 Å². The van der Waals surface area contributed by atoms with E-state index in [4.69, 9.17) is 5.73 Å². The Bertz CT molecular complexity index is 430. The second kappa shape index (κ2) is 10.3. The fraction of sp³-hybridized carbons (Fsp3) is 0.692. The van der Waals surface area contributed by atoms with Gasteiger partial charge >= 0.3 is 0 Å². The summed E-state index contributed by atoms with van der Waals surface area (Å²) in [5.41, 5.74) is 6.00. The third-order valence-electron chi connectivity index (χ3n) is 3.55. The smallest absolute Gasteiger partial charge is 0.270 e. The van der Waals surface area contributed by atoms with Gasteiger partial charge in [0.05, 0.1) is 5.01 Å². The van der Waals surface area contributed by atoms with Crippen LogP contribution in [0.4, 0.5) is 0 Å². The number of carbonyl (C=O) groups excluding carboxylic acids is 1. The number of rotatable bonds is 6. The zero-order valence-corrected chi connectivity index (χ0v) is 14.7. The Morgan fingerprint density at radius 1 is 1.57 bits per heavy atom. The van der Waals surface area contributed by atoms with Gasteiger partial charge in [-0.3, -0.25) is 9.69 Å². The molecule has 0 bridgehead atoms. The zero-order chi connectivity index (χ0) is 13.7. The number of amides is 1. The molecule has 3 N–H and O–H groups in total. The van der Waals surface area contributed by atoms with Crippen molar-refractivity contribution in [2.75, 3.05) is 26.2 Å². The van der Waals surface area contributed by atoms with E-state index in [1.54, 1.807) is 0 Å². The Morgan fingerprint density at radius 2 is 2.33 bits per heavy atom. The molecule has 1 atom stereocenters. The van der Waals surface area contributed by atoms with Crippen LogP contribution in [0.25, 0.3) is 0 Å². The van der Waals surface area contributed by atoms with Crippen LogP contribution in [0.1, 0.15) is 35.3 Å². The van der Waals surface area contributed by atoms with Gasteiger partial charge < -0.3 is 11.1 Å². The van der Waals surface area contributed by atoms with Crippen molar-refractivity contribution in [2.24, 2.45) is 5.73 Å².